The quantitative estimate of drug-likeness (QED) is 0.635. The number of halogens is 3. The molecule has 11 heteroatoms. The summed E-state index contributed by atoms with van der Waals surface area (Å²) in [6.45, 7) is -0.668. The minimum absolute atomic E-state index is 0.0226. The van der Waals surface area contributed by atoms with Gasteiger partial charge >= 0.3 is 18.2 Å². The van der Waals surface area contributed by atoms with Crippen molar-refractivity contribution in [2.45, 2.75) is 50.6 Å². The molecule has 1 saturated carbocycles. The van der Waals surface area contributed by atoms with Gasteiger partial charge in [0.25, 0.3) is 0 Å². The zero-order chi connectivity index (χ0) is 22.4. The molecule has 3 N–H and O–H groups in total. The third-order valence-corrected chi connectivity index (χ3v) is 4.94. The van der Waals surface area contributed by atoms with Crippen LogP contribution < -0.4 is 20.1 Å². The minimum atomic E-state index is -4.63. The lowest BCUT2D eigenvalue weighted by molar-refractivity contribution is -0.137. The summed E-state index contributed by atoms with van der Waals surface area (Å²) in [6, 6.07) is 2.74. The summed E-state index contributed by atoms with van der Waals surface area (Å²) in [6.07, 6.45) is 1.08. The zero-order valence-electron chi connectivity index (χ0n) is 16.8. The smallest absolute Gasteiger partial charge is 0.416 e. The molecule has 2 amide bonds. The maximum atomic E-state index is 13.2. The van der Waals surface area contributed by atoms with Crippen LogP contribution in [0.25, 0.3) is 0 Å². The normalized spacial score (nSPS) is 18.9. The molecule has 1 fully saturated rings. The number of ether oxygens (including phenoxy) is 2. The van der Waals surface area contributed by atoms with E-state index in [-0.39, 0.29) is 29.1 Å². The number of nitrogens with one attached hydrogen (secondary N) is 2. The minimum Gasteiger partial charge on any atom is -0.494 e. The summed E-state index contributed by atoms with van der Waals surface area (Å²) in [7, 11) is 1.25. The zero-order valence-corrected chi connectivity index (χ0v) is 16.8. The number of hydrogen-bond donors (Lipinski definition) is 3. The number of benzene rings is 1. The number of aliphatic hydroxyl groups excluding tert-OH is 1. The van der Waals surface area contributed by atoms with Gasteiger partial charge in [0.05, 0.1) is 25.0 Å². The first-order chi connectivity index (χ1) is 14.8. The van der Waals surface area contributed by atoms with Crippen molar-refractivity contribution in [3.05, 3.63) is 41.7 Å². The maximum absolute atomic E-state index is 13.2. The number of aliphatic hydroxyl groups is 1. The topological polar surface area (TPSA) is 106 Å². The fourth-order valence-corrected chi connectivity index (χ4v) is 3.47. The summed E-state index contributed by atoms with van der Waals surface area (Å²) >= 11 is 0. The highest BCUT2D eigenvalue weighted by molar-refractivity contribution is 5.91. The van der Waals surface area contributed by atoms with Crippen LogP contribution in [-0.2, 0) is 12.8 Å². The third-order valence-electron chi connectivity index (χ3n) is 4.94. The first-order valence-corrected chi connectivity index (χ1v) is 9.70. The SMILES string of the molecule is COc1c(CO)cc(C(F)(F)F)cc1NC(=O)N[C@H]1CC[C@H](Oc2ncccn2)CC1. The summed E-state index contributed by atoms with van der Waals surface area (Å²) in [5.74, 6) is -0.0226. The van der Waals surface area contributed by atoms with Crippen LogP contribution in [0.15, 0.2) is 30.6 Å². The van der Waals surface area contributed by atoms with Crippen LogP contribution in [0.5, 0.6) is 11.8 Å². The van der Waals surface area contributed by atoms with Crippen LogP contribution in [0.2, 0.25) is 0 Å². The van der Waals surface area contributed by atoms with Crippen molar-refractivity contribution < 1.29 is 32.5 Å². The van der Waals surface area contributed by atoms with E-state index in [4.69, 9.17) is 9.47 Å². The lowest BCUT2D eigenvalue weighted by Crippen LogP contribution is -2.41. The van der Waals surface area contributed by atoms with Crippen molar-refractivity contribution in [2.24, 2.45) is 0 Å². The second kappa shape index (κ2) is 9.82. The maximum Gasteiger partial charge on any atom is 0.416 e. The fraction of sp³-hybridized carbons (Fsp3) is 0.450. The number of anilines is 1. The Morgan fingerprint density at radius 1 is 1.19 bits per heavy atom. The average molecular weight is 440 g/mol. The van der Waals surface area contributed by atoms with E-state index in [2.05, 4.69) is 20.6 Å². The second-order valence-corrected chi connectivity index (χ2v) is 7.09. The Morgan fingerprint density at radius 3 is 2.45 bits per heavy atom. The summed E-state index contributed by atoms with van der Waals surface area (Å²) in [5.41, 5.74) is -1.24. The lowest BCUT2D eigenvalue weighted by atomic mass is 9.93. The number of aromatic nitrogens is 2. The van der Waals surface area contributed by atoms with Gasteiger partial charge in [-0.1, -0.05) is 0 Å². The van der Waals surface area contributed by atoms with Gasteiger partial charge in [0.15, 0.2) is 0 Å². The van der Waals surface area contributed by atoms with Gasteiger partial charge in [0.1, 0.15) is 11.9 Å². The molecule has 0 aliphatic heterocycles. The molecule has 0 spiro atoms. The van der Waals surface area contributed by atoms with Crippen LogP contribution in [0, 0.1) is 0 Å². The number of hydrogen-bond acceptors (Lipinski definition) is 6. The number of amides is 2. The molecule has 1 aliphatic rings. The lowest BCUT2D eigenvalue weighted by Gasteiger charge is -2.29. The van der Waals surface area contributed by atoms with E-state index in [0.29, 0.717) is 31.7 Å². The van der Waals surface area contributed by atoms with Gasteiger partial charge in [0, 0.05) is 24.0 Å². The Balaban J connectivity index is 1.59. The highest BCUT2D eigenvalue weighted by atomic mass is 19.4. The Morgan fingerprint density at radius 2 is 1.87 bits per heavy atom. The number of nitrogens with zero attached hydrogens (tertiary/aromatic N) is 2. The molecular weight excluding hydrogens is 417 g/mol. The number of methoxy groups -OCH3 is 1. The molecule has 1 aliphatic carbocycles. The van der Waals surface area contributed by atoms with Crippen molar-refractivity contribution in [3.8, 4) is 11.8 Å². The molecular formula is C20H23F3N4O4. The van der Waals surface area contributed by atoms with E-state index >= 15 is 0 Å². The van der Waals surface area contributed by atoms with Crippen molar-refractivity contribution in [1.82, 2.24) is 15.3 Å². The molecule has 0 saturated heterocycles. The first-order valence-electron chi connectivity index (χ1n) is 9.70. The molecule has 0 bridgehead atoms. The van der Waals surface area contributed by atoms with Gasteiger partial charge in [-0.15, -0.1) is 0 Å². The van der Waals surface area contributed by atoms with E-state index < -0.39 is 24.4 Å². The third kappa shape index (κ3) is 5.97. The van der Waals surface area contributed by atoms with Crippen LogP contribution in [0.3, 0.4) is 0 Å². The number of carbonyl (C=O) groups is 1. The van der Waals surface area contributed by atoms with Crippen molar-refractivity contribution >= 4 is 11.7 Å². The van der Waals surface area contributed by atoms with Gasteiger partial charge in [-0.2, -0.15) is 13.2 Å². The number of carbonyl (C=O) groups excluding carboxylic acids is 1. The number of rotatable bonds is 6. The fourth-order valence-electron chi connectivity index (χ4n) is 3.47. The standard InChI is InChI=1S/C20H23F3N4O4/c1-30-17-12(11-28)9-13(20(21,22)23)10-16(17)27-18(29)26-14-3-5-15(6-4-14)31-19-24-7-2-8-25-19/h2,7-10,14-15,28H,3-6,11H2,1H3,(H2,26,27,29)/t14-,15-. The Kier molecular flexibility index (Phi) is 7.16. The Hall–Kier alpha value is -3.08. The predicted octanol–water partition coefficient (Wildman–Crippen LogP) is 3.51. The molecule has 168 valence electrons. The van der Waals surface area contributed by atoms with Gasteiger partial charge in [-0.05, 0) is 43.9 Å². The summed E-state index contributed by atoms with van der Waals surface area (Å²) < 4.78 is 50.3. The molecule has 1 aromatic carbocycles. The number of urea groups is 1. The molecule has 2 aromatic rings. The van der Waals surface area contributed by atoms with Gasteiger partial charge in [-0.3, -0.25) is 0 Å². The van der Waals surface area contributed by atoms with Crippen LogP contribution in [-0.4, -0.2) is 40.4 Å². The highest BCUT2D eigenvalue weighted by Crippen LogP contribution is 2.38. The molecule has 3 rings (SSSR count). The molecule has 0 unspecified atom stereocenters. The molecule has 0 radical (unpaired) electrons. The van der Waals surface area contributed by atoms with E-state index in [1.54, 1.807) is 18.5 Å². The monoisotopic (exact) mass is 440 g/mol. The highest BCUT2D eigenvalue weighted by Gasteiger charge is 2.33. The molecule has 1 heterocycles. The van der Waals surface area contributed by atoms with E-state index in [1.165, 1.54) is 7.11 Å². The van der Waals surface area contributed by atoms with E-state index in [9.17, 15) is 23.1 Å². The first kappa shape index (κ1) is 22.6. The van der Waals surface area contributed by atoms with Crippen LogP contribution in [0.1, 0.15) is 36.8 Å². The Bertz CT molecular complexity index is 888. The van der Waals surface area contributed by atoms with Gasteiger partial charge in [0.2, 0.25) is 0 Å². The van der Waals surface area contributed by atoms with Crippen LogP contribution in [0.4, 0.5) is 23.7 Å². The molecule has 31 heavy (non-hydrogen) atoms. The molecule has 1 aromatic heterocycles. The van der Waals surface area contributed by atoms with E-state index in [1.807, 2.05) is 0 Å². The second-order valence-electron chi connectivity index (χ2n) is 7.09. The average Bonchev–Trinajstić information content (AvgIpc) is 2.74. The molecule has 0 atom stereocenters. The van der Waals surface area contributed by atoms with Gasteiger partial charge < -0.3 is 25.2 Å². The largest absolute Gasteiger partial charge is 0.494 e. The summed E-state index contributed by atoms with van der Waals surface area (Å²) in [4.78, 5) is 20.4. The van der Waals surface area contributed by atoms with Crippen LogP contribution >= 0.6 is 0 Å². The van der Waals surface area contributed by atoms with Crippen molar-refractivity contribution in [2.75, 3.05) is 12.4 Å². The van der Waals surface area contributed by atoms with Gasteiger partial charge in [-0.25, -0.2) is 14.8 Å². The van der Waals surface area contributed by atoms with Crippen molar-refractivity contribution in [1.29, 1.82) is 0 Å². The molecule has 8 nitrogen and oxygen atoms in total. The van der Waals surface area contributed by atoms with Crippen molar-refractivity contribution in [3.63, 3.8) is 0 Å². The Labute approximate surface area is 176 Å². The summed E-state index contributed by atoms with van der Waals surface area (Å²) in [5, 5.41) is 14.6. The van der Waals surface area contributed by atoms with E-state index in [0.717, 1.165) is 12.1 Å². The number of alkyl halides is 3. The predicted molar refractivity (Wildman–Crippen MR) is 105 cm³/mol.